The van der Waals surface area contributed by atoms with Crippen molar-refractivity contribution < 1.29 is 19.1 Å². The van der Waals surface area contributed by atoms with Crippen molar-refractivity contribution in [3.8, 4) is 5.82 Å². The number of hydrogen-bond donors (Lipinski definition) is 1. The van der Waals surface area contributed by atoms with Gasteiger partial charge in [0, 0.05) is 25.2 Å². The molecule has 146 valence electrons. The maximum absolute atomic E-state index is 12.0. The van der Waals surface area contributed by atoms with Gasteiger partial charge in [0.1, 0.15) is 6.33 Å². The Labute approximate surface area is 164 Å². The van der Waals surface area contributed by atoms with E-state index in [-0.39, 0.29) is 6.54 Å². The molecule has 0 atom stereocenters. The molecule has 0 unspecified atom stereocenters. The predicted octanol–water partition coefficient (Wildman–Crippen LogP) is 0.535. The second-order valence-corrected chi connectivity index (χ2v) is 6.57. The lowest BCUT2D eigenvalue weighted by molar-refractivity contribution is -0.221. The smallest absolute Gasteiger partial charge is 0.357 e. The minimum atomic E-state index is -1.62. The number of aromatic nitrogens is 4. The summed E-state index contributed by atoms with van der Waals surface area (Å²) in [6, 6.07) is 11.2. The minimum Gasteiger partial charge on any atom is -0.399 e. The lowest BCUT2D eigenvalue weighted by Crippen LogP contribution is -2.65. The van der Waals surface area contributed by atoms with E-state index in [1.54, 1.807) is 23.4 Å². The van der Waals surface area contributed by atoms with Crippen LogP contribution in [0.1, 0.15) is 0 Å². The van der Waals surface area contributed by atoms with E-state index in [1.807, 2.05) is 28.8 Å². The Hall–Kier alpha value is -3.79. The van der Waals surface area contributed by atoms with E-state index >= 15 is 0 Å². The van der Waals surface area contributed by atoms with Crippen molar-refractivity contribution in [2.24, 2.45) is 0 Å². The summed E-state index contributed by atoms with van der Waals surface area (Å²) >= 11 is 0. The Morgan fingerprint density at radius 2 is 1.69 bits per heavy atom. The minimum absolute atomic E-state index is 0.113. The molecule has 29 heavy (non-hydrogen) atoms. The predicted molar refractivity (Wildman–Crippen MR) is 101 cm³/mol. The normalized spacial score (nSPS) is 18.6. The number of esters is 2. The molecule has 2 aliphatic heterocycles. The molecular formula is C19H16N6O4. The molecule has 2 aromatic heterocycles. The van der Waals surface area contributed by atoms with Gasteiger partial charge >= 0.3 is 17.8 Å². The SMILES string of the molecule is O=C1C=CC(=O)OC2(CNCCN2c2ccc(-n3cnc4ccccc43)nn2)O1. The summed E-state index contributed by atoms with van der Waals surface area (Å²) < 4.78 is 12.7. The summed E-state index contributed by atoms with van der Waals surface area (Å²) in [6.45, 7) is 1.12. The highest BCUT2D eigenvalue weighted by Gasteiger charge is 2.48. The summed E-state index contributed by atoms with van der Waals surface area (Å²) in [5.41, 5.74) is 1.76. The van der Waals surface area contributed by atoms with Crippen LogP contribution in [0.2, 0.25) is 0 Å². The summed E-state index contributed by atoms with van der Waals surface area (Å²) in [5, 5.41) is 11.7. The second kappa shape index (κ2) is 6.67. The maximum atomic E-state index is 12.0. The third-order valence-corrected chi connectivity index (χ3v) is 4.76. The quantitative estimate of drug-likeness (QED) is 0.624. The third-order valence-electron chi connectivity index (χ3n) is 4.76. The zero-order valence-electron chi connectivity index (χ0n) is 15.2. The zero-order valence-corrected chi connectivity index (χ0v) is 15.2. The summed E-state index contributed by atoms with van der Waals surface area (Å²) in [4.78, 5) is 29.9. The largest absolute Gasteiger partial charge is 0.399 e. The maximum Gasteiger partial charge on any atom is 0.357 e. The van der Waals surface area contributed by atoms with Crippen LogP contribution in [0.25, 0.3) is 16.9 Å². The van der Waals surface area contributed by atoms with E-state index < -0.39 is 17.8 Å². The number of nitrogens with one attached hydrogen (secondary N) is 1. The van der Waals surface area contributed by atoms with Gasteiger partial charge in [-0.05, 0) is 24.3 Å². The van der Waals surface area contributed by atoms with E-state index in [4.69, 9.17) is 9.47 Å². The summed E-state index contributed by atoms with van der Waals surface area (Å²) in [5.74, 6) is -1.95. The monoisotopic (exact) mass is 392 g/mol. The van der Waals surface area contributed by atoms with E-state index in [0.717, 1.165) is 23.2 Å². The van der Waals surface area contributed by atoms with Gasteiger partial charge in [-0.25, -0.2) is 14.6 Å². The Bertz CT molecular complexity index is 1100. The van der Waals surface area contributed by atoms with Gasteiger partial charge in [0.2, 0.25) is 0 Å². The number of rotatable bonds is 2. The van der Waals surface area contributed by atoms with Crippen LogP contribution in [0.15, 0.2) is 54.9 Å². The number of hydrogen-bond acceptors (Lipinski definition) is 9. The van der Waals surface area contributed by atoms with Crippen LogP contribution < -0.4 is 10.2 Å². The second-order valence-electron chi connectivity index (χ2n) is 6.57. The van der Waals surface area contributed by atoms with Crippen molar-refractivity contribution in [1.29, 1.82) is 0 Å². The number of fused-ring (bicyclic) bond motifs is 1. The molecule has 0 amide bonds. The number of imidazole rings is 1. The molecule has 0 aliphatic carbocycles. The number of para-hydroxylation sites is 2. The Kier molecular flexibility index (Phi) is 3.98. The summed E-state index contributed by atoms with van der Waals surface area (Å²) in [6.07, 6.45) is 3.77. The van der Waals surface area contributed by atoms with Crippen molar-refractivity contribution in [2.75, 3.05) is 24.5 Å². The standard InChI is InChI=1S/C19H16N6O4/c26-17-7-8-18(27)29-19(28-17)11-20-9-10-25(19)16-6-5-15(22-23-16)24-12-21-13-3-1-2-4-14(13)24/h1-8,12,20H,9-11H2. The fourth-order valence-electron chi connectivity index (χ4n) is 3.45. The van der Waals surface area contributed by atoms with Crippen LogP contribution in [0, 0.1) is 0 Å². The van der Waals surface area contributed by atoms with Crippen LogP contribution >= 0.6 is 0 Å². The first-order valence-electron chi connectivity index (χ1n) is 9.03. The van der Waals surface area contributed by atoms with Crippen molar-refractivity contribution in [1.82, 2.24) is 25.1 Å². The van der Waals surface area contributed by atoms with E-state index in [1.165, 1.54) is 0 Å². The molecule has 0 saturated carbocycles. The number of ether oxygens (including phenoxy) is 2. The van der Waals surface area contributed by atoms with Crippen molar-refractivity contribution in [2.45, 2.75) is 5.91 Å². The van der Waals surface area contributed by atoms with E-state index in [9.17, 15) is 9.59 Å². The van der Waals surface area contributed by atoms with Crippen molar-refractivity contribution in [3.05, 3.63) is 54.9 Å². The lowest BCUT2D eigenvalue weighted by atomic mass is 10.2. The third kappa shape index (κ3) is 2.99. The lowest BCUT2D eigenvalue weighted by Gasteiger charge is -2.43. The number of piperazine rings is 1. The number of carbonyl (C=O) groups is 2. The van der Waals surface area contributed by atoms with Crippen LogP contribution in [0.4, 0.5) is 5.82 Å². The Morgan fingerprint density at radius 1 is 0.966 bits per heavy atom. The van der Waals surface area contributed by atoms with Crippen LogP contribution in [-0.2, 0) is 19.1 Å². The van der Waals surface area contributed by atoms with E-state index in [0.29, 0.717) is 24.7 Å². The molecule has 0 bridgehead atoms. The fraction of sp³-hybridized carbons (Fsp3) is 0.211. The number of anilines is 1. The highest BCUT2D eigenvalue weighted by Crippen LogP contribution is 2.29. The molecule has 4 heterocycles. The van der Waals surface area contributed by atoms with Gasteiger partial charge in [0.15, 0.2) is 11.6 Å². The molecule has 1 saturated heterocycles. The molecule has 10 nitrogen and oxygen atoms in total. The van der Waals surface area contributed by atoms with Gasteiger partial charge in [0.05, 0.1) is 17.6 Å². The number of nitrogens with zero attached hydrogens (tertiary/aromatic N) is 5. The molecule has 3 aromatic rings. The zero-order chi connectivity index (χ0) is 19.8. The van der Waals surface area contributed by atoms with Gasteiger partial charge in [0.25, 0.3) is 0 Å². The number of benzene rings is 1. The van der Waals surface area contributed by atoms with Gasteiger partial charge in [-0.3, -0.25) is 9.47 Å². The first kappa shape index (κ1) is 17.3. The molecule has 1 fully saturated rings. The van der Waals surface area contributed by atoms with Gasteiger partial charge in [-0.15, -0.1) is 10.2 Å². The summed E-state index contributed by atoms with van der Waals surface area (Å²) in [7, 11) is 0. The average Bonchev–Trinajstić information content (AvgIpc) is 3.11. The van der Waals surface area contributed by atoms with Gasteiger partial charge < -0.3 is 14.8 Å². The van der Waals surface area contributed by atoms with Gasteiger partial charge in [-0.1, -0.05) is 12.1 Å². The molecule has 0 radical (unpaired) electrons. The fourth-order valence-corrected chi connectivity index (χ4v) is 3.45. The van der Waals surface area contributed by atoms with Gasteiger partial charge in [-0.2, -0.15) is 0 Å². The Morgan fingerprint density at radius 3 is 2.45 bits per heavy atom. The molecule has 1 spiro atoms. The highest BCUT2D eigenvalue weighted by molar-refractivity contribution is 5.93. The van der Waals surface area contributed by atoms with Crippen molar-refractivity contribution in [3.63, 3.8) is 0 Å². The van der Waals surface area contributed by atoms with Crippen LogP contribution in [-0.4, -0.2) is 57.2 Å². The van der Waals surface area contributed by atoms with E-state index in [2.05, 4.69) is 20.5 Å². The first-order valence-corrected chi connectivity index (χ1v) is 9.03. The highest BCUT2D eigenvalue weighted by atomic mass is 16.8. The van der Waals surface area contributed by atoms with Crippen LogP contribution in [0.5, 0.6) is 0 Å². The average molecular weight is 392 g/mol. The Balaban J connectivity index is 1.50. The first-order chi connectivity index (χ1) is 14.1. The molecular weight excluding hydrogens is 376 g/mol. The molecule has 1 aromatic carbocycles. The molecule has 10 heteroatoms. The number of carbonyl (C=O) groups excluding carboxylic acids is 2. The molecule has 5 rings (SSSR count). The molecule has 2 aliphatic rings. The topological polar surface area (TPSA) is 111 Å². The van der Waals surface area contributed by atoms with Crippen LogP contribution in [0.3, 0.4) is 0 Å². The molecule has 1 N–H and O–H groups in total. The van der Waals surface area contributed by atoms with Crippen molar-refractivity contribution >= 4 is 28.8 Å².